The minimum atomic E-state index is -0.251. The van der Waals surface area contributed by atoms with Crippen LogP contribution in [-0.4, -0.2) is 33.5 Å². The lowest BCUT2D eigenvalue weighted by Crippen LogP contribution is -2.21. The lowest BCUT2D eigenvalue weighted by molar-refractivity contribution is 0.305. The summed E-state index contributed by atoms with van der Waals surface area (Å²) >= 11 is 0. The van der Waals surface area contributed by atoms with E-state index >= 15 is 0 Å². The van der Waals surface area contributed by atoms with Crippen molar-refractivity contribution in [1.82, 2.24) is 14.6 Å². The quantitative estimate of drug-likeness (QED) is 0.509. The molecule has 2 heterocycles. The SMILES string of the molecule is Fc1ccc(COc2ccccc2C(=NN2CCCC2)n2ccnc2)cc1. The first-order valence-corrected chi connectivity index (χ1v) is 9.08. The molecule has 2 aromatic carbocycles. The Morgan fingerprint density at radius 3 is 2.59 bits per heavy atom. The second-order valence-electron chi connectivity index (χ2n) is 6.47. The standard InChI is InChI=1S/C21H21FN4O/c22-18-9-7-17(8-10-18)15-27-20-6-2-1-5-19(20)21(25-14-11-23-16-25)24-26-12-3-4-13-26/h1-2,5-11,14,16H,3-4,12-13,15H2. The number of hydrazone groups is 1. The molecule has 1 aromatic heterocycles. The van der Waals surface area contributed by atoms with E-state index in [4.69, 9.17) is 9.84 Å². The van der Waals surface area contributed by atoms with Crippen molar-refractivity contribution in [2.45, 2.75) is 19.4 Å². The van der Waals surface area contributed by atoms with Gasteiger partial charge in [0.25, 0.3) is 0 Å². The van der Waals surface area contributed by atoms with Crippen LogP contribution in [-0.2, 0) is 6.61 Å². The van der Waals surface area contributed by atoms with Gasteiger partial charge in [-0.05, 0) is 42.7 Å². The number of para-hydroxylation sites is 1. The maximum absolute atomic E-state index is 13.1. The van der Waals surface area contributed by atoms with Gasteiger partial charge in [-0.15, -0.1) is 0 Å². The van der Waals surface area contributed by atoms with E-state index in [0.29, 0.717) is 6.61 Å². The molecule has 138 valence electrons. The molecule has 5 nitrogen and oxygen atoms in total. The molecule has 27 heavy (non-hydrogen) atoms. The van der Waals surface area contributed by atoms with Gasteiger partial charge in [-0.1, -0.05) is 24.3 Å². The maximum atomic E-state index is 13.1. The second kappa shape index (κ2) is 8.03. The summed E-state index contributed by atoms with van der Waals surface area (Å²) < 4.78 is 21.1. The maximum Gasteiger partial charge on any atom is 0.169 e. The van der Waals surface area contributed by atoms with E-state index in [1.165, 1.54) is 12.1 Å². The predicted molar refractivity (Wildman–Crippen MR) is 102 cm³/mol. The average Bonchev–Trinajstić information content (AvgIpc) is 3.40. The molecular formula is C21H21FN4O. The molecule has 0 N–H and O–H groups in total. The van der Waals surface area contributed by atoms with E-state index in [0.717, 1.165) is 48.6 Å². The zero-order chi connectivity index (χ0) is 18.5. The third-order valence-corrected chi connectivity index (χ3v) is 4.50. The second-order valence-corrected chi connectivity index (χ2v) is 6.47. The van der Waals surface area contributed by atoms with Gasteiger partial charge in [-0.25, -0.2) is 9.37 Å². The fraction of sp³-hybridized carbons (Fsp3) is 0.238. The monoisotopic (exact) mass is 364 g/mol. The highest BCUT2D eigenvalue weighted by molar-refractivity contribution is 6.02. The van der Waals surface area contributed by atoms with Gasteiger partial charge in [-0.3, -0.25) is 9.58 Å². The molecule has 0 saturated carbocycles. The number of nitrogens with zero attached hydrogens (tertiary/aromatic N) is 4. The molecule has 0 atom stereocenters. The Kier molecular flexibility index (Phi) is 5.14. The van der Waals surface area contributed by atoms with Crippen molar-refractivity contribution >= 4 is 5.84 Å². The third-order valence-electron chi connectivity index (χ3n) is 4.50. The number of ether oxygens (including phenoxy) is 1. The minimum absolute atomic E-state index is 0.251. The van der Waals surface area contributed by atoms with Crippen molar-refractivity contribution in [2.24, 2.45) is 5.10 Å². The Labute approximate surface area is 157 Å². The summed E-state index contributed by atoms with van der Waals surface area (Å²) in [5.74, 6) is 1.26. The number of hydrogen-bond donors (Lipinski definition) is 0. The molecular weight excluding hydrogens is 343 g/mol. The zero-order valence-corrected chi connectivity index (χ0v) is 15.0. The summed E-state index contributed by atoms with van der Waals surface area (Å²) in [6.07, 6.45) is 7.67. The van der Waals surface area contributed by atoms with E-state index in [2.05, 4.69) is 9.99 Å². The van der Waals surface area contributed by atoms with Gasteiger partial charge in [0.1, 0.15) is 24.5 Å². The Bertz CT molecular complexity index is 900. The first-order valence-electron chi connectivity index (χ1n) is 9.08. The zero-order valence-electron chi connectivity index (χ0n) is 15.0. The van der Waals surface area contributed by atoms with Gasteiger partial charge < -0.3 is 4.74 Å². The van der Waals surface area contributed by atoms with Gasteiger partial charge in [0, 0.05) is 25.5 Å². The Hall–Kier alpha value is -3.15. The summed E-state index contributed by atoms with van der Waals surface area (Å²) in [7, 11) is 0. The first-order chi connectivity index (χ1) is 13.3. The van der Waals surface area contributed by atoms with Crippen LogP contribution in [0.2, 0.25) is 0 Å². The van der Waals surface area contributed by atoms with Crippen molar-refractivity contribution < 1.29 is 9.13 Å². The summed E-state index contributed by atoms with van der Waals surface area (Å²) in [5.41, 5.74) is 1.80. The highest BCUT2D eigenvalue weighted by atomic mass is 19.1. The van der Waals surface area contributed by atoms with Crippen LogP contribution >= 0.6 is 0 Å². The Morgan fingerprint density at radius 2 is 1.85 bits per heavy atom. The third kappa shape index (κ3) is 4.16. The smallest absolute Gasteiger partial charge is 0.169 e. The molecule has 1 fully saturated rings. The number of halogens is 1. The number of benzene rings is 2. The number of imidazole rings is 1. The van der Waals surface area contributed by atoms with Crippen LogP contribution in [0.5, 0.6) is 5.75 Å². The van der Waals surface area contributed by atoms with E-state index in [1.807, 2.05) is 35.0 Å². The van der Waals surface area contributed by atoms with Crippen LogP contribution in [0.3, 0.4) is 0 Å². The Balaban J connectivity index is 1.63. The molecule has 1 saturated heterocycles. The normalized spacial score (nSPS) is 14.6. The predicted octanol–water partition coefficient (Wildman–Crippen LogP) is 3.91. The molecule has 1 aliphatic heterocycles. The van der Waals surface area contributed by atoms with Gasteiger partial charge in [0.15, 0.2) is 5.84 Å². The van der Waals surface area contributed by atoms with E-state index < -0.39 is 0 Å². The molecule has 0 bridgehead atoms. The molecule has 0 unspecified atom stereocenters. The topological polar surface area (TPSA) is 42.6 Å². The molecule has 0 amide bonds. The van der Waals surface area contributed by atoms with Crippen LogP contribution in [0.4, 0.5) is 4.39 Å². The summed E-state index contributed by atoms with van der Waals surface area (Å²) in [6.45, 7) is 2.27. The summed E-state index contributed by atoms with van der Waals surface area (Å²) in [4.78, 5) is 4.16. The Morgan fingerprint density at radius 1 is 1.07 bits per heavy atom. The lowest BCUT2D eigenvalue weighted by atomic mass is 10.1. The van der Waals surface area contributed by atoms with Crippen molar-refractivity contribution in [3.8, 4) is 5.75 Å². The van der Waals surface area contributed by atoms with Gasteiger partial charge in [0.05, 0.1) is 5.56 Å². The van der Waals surface area contributed by atoms with Crippen molar-refractivity contribution in [3.63, 3.8) is 0 Å². The van der Waals surface area contributed by atoms with Crippen LogP contribution in [0, 0.1) is 5.82 Å². The molecule has 1 aliphatic rings. The highest BCUT2D eigenvalue weighted by Crippen LogP contribution is 2.22. The molecule has 0 spiro atoms. The lowest BCUT2D eigenvalue weighted by Gasteiger charge is -2.17. The average molecular weight is 364 g/mol. The van der Waals surface area contributed by atoms with E-state index in [1.54, 1.807) is 24.7 Å². The van der Waals surface area contributed by atoms with Crippen molar-refractivity contribution in [3.05, 3.63) is 84.2 Å². The highest BCUT2D eigenvalue weighted by Gasteiger charge is 2.16. The van der Waals surface area contributed by atoms with Crippen LogP contribution in [0.15, 0.2) is 72.4 Å². The fourth-order valence-corrected chi connectivity index (χ4v) is 3.08. The van der Waals surface area contributed by atoms with Crippen LogP contribution in [0.1, 0.15) is 24.0 Å². The fourth-order valence-electron chi connectivity index (χ4n) is 3.08. The number of aromatic nitrogens is 2. The molecule has 0 aliphatic carbocycles. The molecule has 0 radical (unpaired) electrons. The van der Waals surface area contributed by atoms with Gasteiger partial charge >= 0.3 is 0 Å². The number of hydrogen-bond acceptors (Lipinski definition) is 4. The van der Waals surface area contributed by atoms with Gasteiger partial charge in [0.2, 0.25) is 0 Å². The number of rotatable bonds is 5. The van der Waals surface area contributed by atoms with Crippen LogP contribution < -0.4 is 4.74 Å². The van der Waals surface area contributed by atoms with Crippen molar-refractivity contribution in [2.75, 3.05) is 13.1 Å². The minimum Gasteiger partial charge on any atom is -0.488 e. The van der Waals surface area contributed by atoms with Crippen molar-refractivity contribution in [1.29, 1.82) is 0 Å². The van der Waals surface area contributed by atoms with Crippen LogP contribution in [0.25, 0.3) is 0 Å². The molecule has 3 aromatic rings. The molecule has 4 rings (SSSR count). The summed E-state index contributed by atoms with van der Waals surface area (Å²) in [6, 6.07) is 14.2. The largest absolute Gasteiger partial charge is 0.488 e. The molecule has 6 heteroatoms. The first kappa shape index (κ1) is 17.3. The van der Waals surface area contributed by atoms with E-state index in [9.17, 15) is 4.39 Å². The van der Waals surface area contributed by atoms with E-state index in [-0.39, 0.29) is 5.82 Å². The van der Waals surface area contributed by atoms with Gasteiger partial charge in [-0.2, -0.15) is 5.10 Å². The summed E-state index contributed by atoms with van der Waals surface area (Å²) in [5, 5.41) is 6.95.